The first-order chi connectivity index (χ1) is 4.81. The summed E-state index contributed by atoms with van der Waals surface area (Å²) in [6.07, 6.45) is 0. The average molecular weight is 155 g/mol. The van der Waals surface area contributed by atoms with E-state index < -0.39 is 0 Å². The highest BCUT2D eigenvalue weighted by Gasteiger charge is 1.72. The SMILES string of the molecule is Cc1ccccc1.N=S=O. The van der Waals surface area contributed by atoms with E-state index in [-0.39, 0.29) is 11.5 Å². The van der Waals surface area contributed by atoms with Crippen molar-refractivity contribution in [3.63, 3.8) is 0 Å². The largest absolute Gasteiger partial charge is 0.210 e. The van der Waals surface area contributed by atoms with Crippen LogP contribution in [-0.4, -0.2) is 4.21 Å². The van der Waals surface area contributed by atoms with E-state index in [1.165, 1.54) is 5.56 Å². The predicted octanol–water partition coefficient (Wildman–Crippen LogP) is 1.96. The Kier molecular flexibility index (Phi) is 5.57. The molecule has 0 unspecified atom stereocenters. The molecule has 1 aromatic rings. The number of rotatable bonds is 0. The zero-order chi connectivity index (χ0) is 7.82. The fourth-order valence-electron chi connectivity index (χ4n) is 0.534. The lowest BCUT2D eigenvalue weighted by Gasteiger charge is -1.82. The Bertz CT molecular complexity index is 204. The molecule has 0 aromatic heterocycles. The molecule has 1 aromatic carbocycles. The van der Waals surface area contributed by atoms with Gasteiger partial charge >= 0.3 is 0 Å². The van der Waals surface area contributed by atoms with Crippen LogP contribution in [0.2, 0.25) is 0 Å². The predicted molar refractivity (Wildman–Crippen MR) is 42.0 cm³/mol. The summed E-state index contributed by atoms with van der Waals surface area (Å²) < 4.78 is 14.1. The average Bonchev–Trinajstić information content (AvgIpc) is 1.91. The molecular formula is C7H9NOS. The Hall–Kier alpha value is -0.960. The second-order valence-corrected chi connectivity index (χ2v) is 1.90. The van der Waals surface area contributed by atoms with Gasteiger partial charge in [0.2, 0.25) is 0 Å². The Morgan fingerprint density at radius 1 is 1.30 bits per heavy atom. The van der Waals surface area contributed by atoms with Gasteiger partial charge in [-0.3, -0.25) is 0 Å². The number of nitrogens with one attached hydrogen (secondary N) is 1. The molecule has 2 nitrogen and oxygen atoms in total. The van der Waals surface area contributed by atoms with Gasteiger partial charge in [-0.1, -0.05) is 35.9 Å². The zero-order valence-corrected chi connectivity index (χ0v) is 6.52. The fourth-order valence-corrected chi connectivity index (χ4v) is 0.534. The van der Waals surface area contributed by atoms with Crippen LogP contribution in [0.5, 0.6) is 0 Å². The summed E-state index contributed by atoms with van der Waals surface area (Å²) in [5.41, 5.74) is 1.32. The Morgan fingerprint density at radius 2 is 1.70 bits per heavy atom. The Labute approximate surface area is 63.9 Å². The first-order valence-electron chi connectivity index (χ1n) is 2.78. The van der Waals surface area contributed by atoms with E-state index in [0.717, 1.165) is 0 Å². The van der Waals surface area contributed by atoms with E-state index in [4.69, 9.17) is 8.99 Å². The van der Waals surface area contributed by atoms with E-state index in [1.807, 2.05) is 18.2 Å². The minimum Gasteiger partial charge on any atom is -0.210 e. The number of aryl methyl sites for hydroxylation is 1. The van der Waals surface area contributed by atoms with Gasteiger partial charge in [0.1, 0.15) is 0 Å². The molecule has 1 rings (SSSR count). The van der Waals surface area contributed by atoms with Gasteiger partial charge in [-0.15, -0.1) is 0 Å². The van der Waals surface area contributed by atoms with Crippen molar-refractivity contribution >= 4 is 11.5 Å². The third-order valence-electron chi connectivity index (χ3n) is 0.940. The van der Waals surface area contributed by atoms with Gasteiger partial charge in [-0.05, 0) is 6.92 Å². The summed E-state index contributed by atoms with van der Waals surface area (Å²) in [7, 11) is 0. The van der Waals surface area contributed by atoms with Crippen LogP contribution in [-0.2, 0) is 11.5 Å². The Morgan fingerprint density at radius 3 is 1.90 bits per heavy atom. The van der Waals surface area contributed by atoms with E-state index in [0.29, 0.717) is 0 Å². The van der Waals surface area contributed by atoms with Gasteiger partial charge in [-0.2, -0.15) is 4.21 Å². The minimum atomic E-state index is -0.250. The van der Waals surface area contributed by atoms with Crippen LogP contribution < -0.4 is 0 Å². The van der Waals surface area contributed by atoms with Gasteiger partial charge in [0.05, 0.1) is 0 Å². The molecule has 10 heavy (non-hydrogen) atoms. The third kappa shape index (κ3) is 5.18. The van der Waals surface area contributed by atoms with Crippen molar-refractivity contribution in [1.82, 2.24) is 0 Å². The number of hydrogen-bond acceptors (Lipinski definition) is 2. The normalized spacial score (nSPS) is 7.30. The quantitative estimate of drug-likeness (QED) is 0.611. The topological polar surface area (TPSA) is 40.9 Å². The number of benzene rings is 1. The van der Waals surface area contributed by atoms with Crippen LogP contribution in [0.15, 0.2) is 30.3 Å². The maximum absolute atomic E-state index is 8.51. The second kappa shape index (κ2) is 6.16. The highest BCUT2D eigenvalue weighted by molar-refractivity contribution is 7.53. The maximum atomic E-state index is 8.51. The lowest BCUT2D eigenvalue weighted by atomic mass is 10.2. The second-order valence-electron chi connectivity index (χ2n) is 1.74. The zero-order valence-electron chi connectivity index (χ0n) is 5.70. The lowest BCUT2D eigenvalue weighted by Crippen LogP contribution is -1.62. The molecule has 0 aliphatic carbocycles. The smallest absolute Gasteiger partial charge is 0.196 e. The van der Waals surface area contributed by atoms with Gasteiger partial charge in [-0.25, -0.2) is 4.78 Å². The fraction of sp³-hybridized carbons (Fsp3) is 0.143. The summed E-state index contributed by atoms with van der Waals surface area (Å²) in [5, 5.41) is 0. The molecule has 0 fully saturated rings. The van der Waals surface area contributed by atoms with Crippen LogP contribution in [0, 0.1) is 11.7 Å². The number of hydrogen-bond donors (Lipinski definition) is 1. The molecule has 0 aliphatic heterocycles. The van der Waals surface area contributed by atoms with Crippen LogP contribution in [0.3, 0.4) is 0 Å². The summed E-state index contributed by atoms with van der Waals surface area (Å²) in [4.78, 5) is 0. The van der Waals surface area contributed by atoms with Crippen molar-refractivity contribution in [3.05, 3.63) is 35.9 Å². The van der Waals surface area contributed by atoms with Gasteiger partial charge in [0.25, 0.3) is 0 Å². The molecular weight excluding hydrogens is 146 g/mol. The highest BCUT2D eigenvalue weighted by Crippen LogP contribution is 1.92. The van der Waals surface area contributed by atoms with Crippen LogP contribution in [0.1, 0.15) is 5.56 Å². The molecule has 0 spiro atoms. The first kappa shape index (κ1) is 9.04. The summed E-state index contributed by atoms with van der Waals surface area (Å²) in [5.74, 6) is 0. The van der Waals surface area contributed by atoms with Crippen molar-refractivity contribution in [1.29, 1.82) is 4.78 Å². The van der Waals surface area contributed by atoms with Crippen LogP contribution in [0.4, 0.5) is 0 Å². The van der Waals surface area contributed by atoms with Crippen LogP contribution in [0.25, 0.3) is 0 Å². The van der Waals surface area contributed by atoms with Gasteiger partial charge in [0.15, 0.2) is 11.5 Å². The Balaban J connectivity index is 0.000000236. The summed E-state index contributed by atoms with van der Waals surface area (Å²) in [6.45, 7) is 2.08. The van der Waals surface area contributed by atoms with E-state index >= 15 is 0 Å². The molecule has 0 saturated heterocycles. The standard InChI is InChI=1S/C7H8.HNOS/c1-7-5-3-2-4-6-7;1-3-2/h2-6H,1H3;1H. The monoisotopic (exact) mass is 155 g/mol. The van der Waals surface area contributed by atoms with E-state index in [9.17, 15) is 0 Å². The van der Waals surface area contributed by atoms with Crippen molar-refractivity contribution in [2.24, 2.45) is 0 Å². The van der Waals surface area contributed by atoms with Crippen molar-refractivity contribution in [2.75, 3.05) is 0 Å². The minimum absolute atomic E-state index is 0.250. The van der Waals surface area contributed by atoms with Gasteiger partial charge < -0.3 is 0 Å². The highest BCUT2D eigenvalue weighted by atomic mass is 32.1. The van der Waals surface area contributed by atoms with Crippen LogP contribution >= 0.6 is 0 Å². The lowest BCUT2D eigenvalue weighted by molar-refractivity contribution is 0.697. The maximum Gasteiger partial charge on any atom is 0.196 e. The van der Waals surface area contributed by atoms with E-state index in [2.05, 4.69) is 19.1 Å². The van der Waals surface area contributed by atoms with Gasteiger partial charge in [0, 0.05) is 0 Å². The molecule has 0 atom stereocenters. The molecule has 0 aliphatic rings. The first-order valence-corrected chi connectivity index (χ1v) is 3.52. The van der Waals surface area contributed by atoms with E-state index in [1.54, 1.807) is 0 Å². The molecule has 54 valence electrons. The molecule has 0 saturated carbocycles. The van der Waals surface area contributed by atoms with Crippen molar-refractivity contribution in [2.45, 2.75) is 6.92 Å². The van der Waals surface area contributed by atoms with Crippen molar-refractivity contribution < 1.29 is 4.21 Å². The molecule has 0 heterocycles. The molecule has 0 radical (unpaired) electrons. The third-order valence-corrected chi connectivity index (χ3v) is 0.940. The summed E-state index contributed by atoms with van der Waals surface area (Å²) >= 11 is -0.250. The molecule has 0 bridgehead atoms. The molecule has 3 heteroatoms. The summed E-state index contributed by atoms with van der Waals surface area (Å²) in [6, 6.07) is 10.3. The molecule has 0 amide bonds. The van der Waals surface area contributed by atoms with Crippen molar-refractivity contribution in [3.8, 4) is 0 Å². The molecule has 1 N–H and O–H groups in total.